The van der Waals surface area contributed by atoms with Crippen LogP contribution in [0.15, 0.2) is 22.3 Å². The number of carbonyl (C=O) groups excluding carboxylic acids is 1. The predicted octanol–water partition coefficient (Wildman–Crippen LogP) is 1.85. The Morgan fingerprint density at radius 2 is 2.26 bits per heavy atom. The molecule has 0 saturated carbocycles. The summed E-state index contributed by atoms with van der Waals surface area (Å²) in [6.07, 6.45) is -0.466. The van der Waals surface area contributed by atoms with Crippen LogP contribution >= 0.6 is 0 Å². The monoisotopic (exact) mass is 328 g/mol. The third-order valence-electron chi connectivity index (χ3n) is 2.58. The Bertz CT molecular complexity index is 598. The molecule has 0 fully saturated rings. The van der Waals surface area contributed by atoms with Crippen LogP contribution in [0.1, 0.15) is 27.2 Å². The molecule has 0 aromatic carbocycles. The number of rotatable bonds is 7. The number of halogens is 1. The zero-order chi connectivity index (χ0) is 17.5. The molecule has 1 atom stereocenters. The van der Waals surface area contributed by atoms with Gasteiger partial charge in [-0.1, -0.05) is 5.22 Å². The number of ether oxygens (including phenoxy) is 1. The number of hydrogen-bond donors (Lipinski definition) is 3. The third-order valence-corrected chi connectivity index (χ3v) is 2.58. The predicted molar refractivity (Wildman–Crippen MR) is 81.0 cm³/mol. The number of aromatic nitrogens is 2. The molecule has 0 spiro atoms. The van der Waals surface area contributed by atoms with Crippen LogP contribution in [0.2, 0.25) is 0 Å². The molecule has 0 aliphatic carbocycles. The zero-order valence-corrected chi connectivity index (χ0v) is 13.3. The van der Waals surface area contributed by atoms with Gasteiger partial charge in [0.05, 0.1) is 6.54 Å². The molecule has 0 saturated heterocycles. The molecule has 3 N–H and O–H groups in total. The molecule has 1 aromatic heterocycles. The van der Waals surface area contributed by atoms with E-state index in [1.165, 1.54) is 16.8 Å². The number of hydrogen-bond acceptors (Lipinski definition) is 6. The van der Waals surface area contributed by atoms with Crippen molar-refractivity contribution in [2.75, 3.05) is 11.9 Å². The highest BCUT2D eigenvalue weighted by atomic mass is 19.1. The Morgan fingerprint density at radius 1 is 1.57 bits per heavy atom. The number of nitrogens with one attached hydrogen (secondary N) is 3. The molecule has 1 unspecified atom stereocenters. The lowest BCUT2D eigenvalue weighted by molar-refractivity contribution is 0.0635. The smallest absolute Gasteiger partial charge is 0.413 e. The maximum absolute atomic E-state index is 13.4. The minimum atomic E-state index is -1.24. The van der Waals surface area contributed by atoms with Crippen molar-refractivity contribution in [2.24, 2.45) is 5.22 Å². The summed E-state index contributed by atoms with van der Waals surface area (Å²) in [6, 6.07) is 1.43. The van der Waals surface area contributed by atoms with Gasteiger partial charge in [0.2, 0.25) is 0 Å². The second kappa shape index (κ2) is 8.20. The first-order chi connectivity index (χ1) is 10.7. The molecule has 10 heteroatoms. The van der Waals surface area contributed by atoms with Crippen molar-refractivity contribution in [1.29, 1.82) is 5.53 Å². The molecule has 128 valence electrons. The summed E-state index contributed by atoms with van der Waals surface area (Å²) in [5, 5.41) is 5.20. The van der Waals surface area contributed by atoms with Gasteiger partial charge in [-0.15, -0.1) is 0 Å². The van der Waals surface area contributed by atoms with E-state index in [9.17, 15) is 14.0 Å². The Hall–Kier alpha value is -2.52. The first-order valence-corrected chi connectivity index (χ1v) is 7.02. The molecular weight excluding hydrogens is 307 g/mol. The SMILES string of the molecule is CC(C)(C)OC(=O)Nc1ccn(CCC(F)CNN=N)c(=O)n1. The molecular formula is C13H21FN6O3. The summed E-state index contributed by atoms with van der Waals surface area (Å²) in [5.41, 5.74) is 7.43. The third kappa shape index (κ3) is 7.34. The van der Waals surface area contributed by atoms with Crippen LogP contribution in [0.5, 0.6) is 0 Å². The average molecular weight is 328 g/mol. The number of amides is 1. The van der Waals surface area contributed by atoms with Crippen molar-refractivity contribution in [3.63, 3.8) is 0 Å². The molecule has 9 nitrogen and oxygen atoms in total. The van der Waals surface area contributed by atoms with Crippen LogP contribution < -0.4 is 16.4 Å². The summed E-state index contributed by atoms with van der Waals surface area (Å²) >= 11 is 0. The maximum atomic E-state index is 13.4. The van der Waals surface area contributed by atoms with Crippen molar-refractivity contribution >= 4 is 11.9 Å². The fraction of sp³-hybridized carbons (Fsp3) is 0.615. The van der Waals surface area contributed by atoms with Crippen molar-refractivity contribution < 1.29 is 13.9 Å². The summed E-state index contributed by atoms with van der Waals surface area (Å²) in [7, 11) is 0. The van der Waals surface area contributed by atoms with E-state index in [0.29, 0.717) is 0 Å². The lowest BCUT2D eigenvalue weighted by Gasteiger charge is -2.19. The molecule has 1 amide bonds. The van der Waals surface area contributed by atoms with Gasteiger partial charge in [-0.25, -0.2) is 14.0 Å². The minimum Gasteiger partial charge on any atom is -0.444 e. The molecule has 0 aliphatic rings. The van der Waals surface area contributed by atoms with Crippen LogP contribution in [-0.2, 0) is 11.3 Å². The summed E-state index contributed by atoms with van der Waals surface area (Å²) in [5.74, 6) is 0.0620. The standard InChI is InChI=1S/C13H21FN6O3/c1-13(2,3)23-12(22)18-10-5-7-20(11(21)17-10)6-4-9(14)8-16-19-15/h5,7,9H,4,6,8H2,1-3H3,(H2,15,16)(H,17,18,21,22). The Morgan fingerprint density at radius 3 is 2.83 bits per heavy atom. The van der Waals surface area contributed by atoms with Crippen molar-refractivity contribution in [3.05, 3.63) is 22.7 Å². The highest BCUT2D eigenvalue weighted by molar-refractivity contribution is 5.83. The van der Waals surface area contributed by atoms with Crippen LogP contribution in [0.25, 0.3) is 0 Å². The van der Waals surface area contributed by atoms with Crippen LogP contribution in [0.3, 0.4) is 0 Å². The fourth-order valence-electron chi connectivity index (χ4n) is 1.60. The van der Waals surface area contributed by atoms with Gasteiger partial charge in [0, 0.05) is 12.7 Å². The molecule has 23 heavy (non-hydrogen) atoms. The second-order valence-electron chi connectivity index (χ2n) is 5.78. The maximum Gasteiger partial charge on any atom is 0.413 e. The van der Waals surface area contributed by atoms with Crippen LogP contribution in [0.4, 0.5) is 15.0 Å². The van der Waals surface area contributed by atoms with E-state index in [2.05, 4.69) is 20.9 Å². The summed E-state index contributed by atoms with van der Waals surface area (Å²) < 4.78 is 19.7. The van der Waals surface area contributed by atoms with Crippen LogP contribution in [-0.4, -0.2) is 34.0 Å². The van der Waals surface area contributed by atoms with Gasteiger partial charge < -0.3 is 4.74 Å². The van der Waals surface area contributed by atoms with E-state index >= 15 is 0 Å². The van der Waals surface area contributed by atoms with E-state index in [4.69, 9.17) is 10.3 Å². The van der Waals surface area contributed by atoms with Gasteiger partial charge in [-0.05, 0) is 33.3 Å². The van der Waals surface area contributed by atoms with Gasteiger partial charge >= 0.3 is 11.8 Å². The van der Waals surface area contributed by atoms with E-state index in [-0.39, 0.29) is 25.3 Å². The summed E-state index contributed by atoms with van der Waals surface area (Å²) in [6.45, 7) is 5.18. The first kappa shape index (κ1) is 18.5. The Kier molecular flexibility index (Phi) is 6.61. The molecule has 0 radical (unpaired) electrons. The van der Waals surface area contributed by atoms with Gasteiger partial charge in [0.1, 0.15) is 17.6 Å². The normalized spacial score (nSPS) is 12.3. The van der Waals surface area contributed by atoms with Gasteiger partial charge in [-0.2, -0.15) is 10.5 Å². The highest BCUT2D eigenvalue weighted by Crippen LogP contribution is 2.09. The number of aryl methyl sites for hydroxylation is 1. The van der Waals surface area contributed by atoms with E-state index in [1.54, 1.807) is 20.8 Å². The fourth-order valence-corrected chi connectivity index (χ4v) is 1.60. The Balaban J connectivity index is 2.59. The Labute approximate surface area is 132 Å². The highest BCUT2D eigenvalue weighted by Gasteiger charge is 2.16. The molecule has 1 aromatic rings. The number of alkyl halides is 1. The van der Waals surface area contributed by atoms with E-state index < -0.39 is 23.6 Å². The van der Waals surface area contributed by atoms with E-state index in [1.807, 2.05) is 0 Å². The zero-order valence-electron chi connectivity index (χ0n) is 13.3. The number of anilines is 1. The molecule has 1 heterocycles. The lowest BCUT2D eigenvalue weighted by Crippen LogP contribution is -2.30. The molecule has 0 aliphatic heterocycles. The lowest BCUT2D eigenvalue weighted by atomic mass is 10.2. The van der Waals surface area contributed by atoms with E-state index in [0.717, 1.165) is 0 Å². The summed E-state index contributed by atoms with van der Waals surface area (Å²) in [4.78, 5) is 27.1. The number of nitrogens with zero attached hydrogens (tertiary/aromatic N) is 3. The molecule has 1 rings (SSSR count). The van der Waals surface area contributed by atoms with Gasteiger partial charge in [-0.3, -0.25) is 15.3 Å². The largest absolute Gasteiger partial charge is 0.444 e. The van der Waals surface area contributed by atoms with Gasteiger partial charge in [0.15, 0.2) is 0 Å². The second-order valence-corrected chi connectivity index (χ2v) is 5.78. The quantitative estimate of drug-likeness (QED) is 0.521. The van der Waals surface area contributed by atoms with Gasteiger partial charge in [0.25, 0.3) is 0 Å². The molecule has 0 bridgehead atoms. The topological polar surface area (TPSA) is 121 Å². The van der Waals surface area contributed by atoms with Crippen molar-refractivity contribution in [2.45, 2.75) is 45.5 Å². The van der Waals surface area contributed by atoms with Crippen LogP contribution in [0, 0.1) is 5.53 Å². The number of carbonyl (C=O) groups is 1. The average Bonchev–Trinajstić information content (AvgIpc) is 2.42. The van der Waals surface area contributed by atoms with Crippen molar-refractivity contribution in [3.8, 4) is 0 Å². The first-order valence-electron chi connectivity index (χ1n) is 7.02. The minimum absolute atomic E-state index is 0.0620. The van der Waals surface area contributed by atoms with Crippen molar-refractivity contribution in [1.82, 2.24) is 15.0 Å².